The van der Waals surface area contributed by atoms with Gasteiger partial charge >= 0.3 is 0 Å². The molecule has 3 rings (SSSR count). The van der Waals surface area contributed by atoms with E-state index in [0.29, 0.717) is 20.1 Å². The molecule has 0 radical (unpaired) electrons. The van der Waals surface area contributed by atoms with Crippen LogP contribution in [0.15, 0.2) is 45.6 Å². The molecule has 106 valence electrons. The zero-order chi connectivity index (χ0) is 15.1. The van der Waals surface area contributed by atoms with Gasteiger partial charge < -0.3 is 14.6 Å². The number of halogens is 2. The lowest BCUT2D eigenvalue weighted by molar-refractivity contribution is 0.404. The Morgan fingerprint density at radius 3 is 2.57 bits per heavy atom. The number of hydrogen-bond donors (Lipinski definition) is 2. The third-order valence-corrected chi connectivity index (χ3v) is 4.44. The Hall–Kier alpha value is -1.73. The van der Waals surface area contributed by atoms with Crippen molar-refractivity contribution < 1.29 is 14.6 Å². The van der Waals surface area contributed by atoms with Crippen molar-refractivity contribution in [3.8, 4) is 22.8 Å². The number of phenolic OH excluding ortho intramolecular Hbond substituents is 2. The van der Waals surface area contributed by atoms with Gasteiger partial charge in [0.1, 0.15) is 9.15 Å². The predicted octanol–water partition coefficient (Wildman–Crippen LogP) is 4.13. The predicted molar refractivity (Wildman–Crippen MR) is 89.0 cm³/mol. The first kappa shape index (κ1) is 14.2. The Kier molecular flexibility index (Phi) is 3.54. The van der Waals surface area contributed by atoms with E-state index in [9.17, 15) is 15.0 Å². The molecular formula is C15H8ClIO4. The third kappa shape index (κ3) is 2.26. The monoisotopic (exact) mass is 414 g/mol. The lowest BCUT2D eigenvalue weighted by atomic mass is 10.1. The fourth-order valence-corrected chi connectivity index (χ4v) is 2.96. The molecule has 0 unspecified atom stereocenters. The second kappa shape index (κ2) is 5.23. The minimum atomic E-state index is -0.444. The van der Waals surface area contributed by atoms with Gasteiger partial charge in [-0.3, -0.25) is 4.79 Å². The molecule has 0 saturated carbocycles. The number of fused-ring (bicyclic) bond motifs is 1. The van der Waals surface area contributed by atoms with Crippen molar-refractivity contribution in [1.29, 1.82) is 0 Å². The van der Waals surface area contributed by atoms with E-state index < -0.39 is 5.75 Å². The maximum atomic E-state index is 12.4. The molecule has 3 aromatic rings. The second-order valence-corrected chi connectivity index (χ2v) is 5.82. The molecule has 2 aromatic carbocycles. The van der Waals surface area contributed by atoms with Crippen LogP contribution in [0.1, 0.15) is 0 Å². The van der Waals surface area contributed by atoms with E-state index in [1.54, 1.807) is 24.3 Å². The van der Waals surface area contributed by atoms with Crippen LogP contribution >= 0.6 is 34.2 Å². The van der Waals surface area contributed by atoms with Gasteiger partial charge in [-0.1, -0.05) is 23.7 Å². The molecule has 0 aliphatic carbocycles. The lowest BCUT2D eigenvalue weighted by Crippen LogP contribution is -2.07. The van der Waals surface area contributed by atoms with Gasteiger partial charge in [-0.25, -0.2) is 0 Å². The van der Waals surface area contributed by atoms with Gasteiger partial charge in [-0.2, -0.15) is 0 Å². The van der Waals surface area contributed by atoms with E-state index in [-0.39, 0.29) is 22.0 Å². The molecule has 0 spiro atoms. The highest BCUT2D eigenvalue weighted by molar-refractivity contribution is 14.1. The van der Waals surface area contributed by atoms with Crippen LogP contribution in [-0.2, 0) is 0 Å². The van der Waals surface area contributed by atoms with Crippen molar-refractivity contribution in [2.45, 2.75) is 0 Å². The maximum absolute atomic E-state index is 12.4. The first-order valence-corrected chi connectivity index (χ1v) is 7.38. The SMILES string of the molecule is O=c1c(I)c(-c2ccc(O)c(O)c2Cl)oc2ccccc12. The Balaban J connectivity index is 2.39. The van der Waals surface area contributed by atoms with Gasteiger partial charge in [-0.15, -0.1) is 0 Å². The Morgan fingerprint density at radius 1 is 1.10 bits per heavy atom. The van der Waals surface area contributed by atoms with Crippen molar-refractivity contribution in [1.82, 2.24) is 0 Å². The number of benzene rings is 2. The summed E-state index contributed by atoms with van der Waals surface area (Å²) in [7, 11) is 0. The number of rotatable bonds is 1. The highest BCUT2D eigenvalue weighted by Crippen LogP contribution is 2.41. The third-order valence-electron chi connectivity index (χ3n) is 3.08. The van der Waals surface area contributed by atoms with E-state index in [1.165, 1.54) is 12.1 Å². The Bertz CT molecular complexity index is 917. The number of aromatic hydroxyl groups is 2. The van der Waals surface area contributed by atoms with Crippen LogP contribution in [0.4, 0.5) is 0 Å². The highest BCUT2D eigenvalue weighted by atomic mass is 127. The topological polar surface area (TPSA) is 70.7 Å². The number of hydrogen-bond acceptors (Lipinski definition) is 4. The Labute approximate surface area is 137 Å². The molecule has 0 aliphatic heterocycles. The summed E-state index contributed by atoms with van der Waals surface area (Å²) in [5.74, 6) is -0.512. The fourth-order valence-electron chi connectivity index (χ4n) is 2.02. The zero-order valence-electron chi connectivity index (χ0n) is 10.4. The molecule has 6 heteroatoms. The number of phenols is 2. The van der Waals surface area contributed by atoms with Crippen molar-refractivity contribution in [3.05, 3.63) is 55.2 Å². The molecule has 1 heterocycles. The van der Waals surface area contributed by atoms with Crippen molar-refractivity contribution in [3.63, 3.8) is 0 Å². The quantitative estimate of drug-likeness (QED) is 0.464. The van der Waals surface area contributed by atoms with E-state index in [4.69, 9.17) is 16.0 Å². The van der Waals surface area contributed by atoms with Crippen LogP contribution in [0.5, 0.6) is 11.5 Å². The average Bonchev–Trinajstić information content (AvgIpc) is 2.49. The molecular weight excluding hydrogens is 407 g/mol. The largest absolute Gasteiger partial charge is 0.504 e. The first-order chi connectivity index (χ1) is 10.0. The van der Waals surface area contributed by atoms with Gasteiger partial charge in [0.15, 0.2) is 17.3 Å². The summed E-state index contributed by atoms with van der Waals surface area (Å²) in [5.41, 5.74) is 0.608. The van der Waals surface area contributed by atoms with Gasteiger partial charge in [0.25, 0.3) is 0 Å². The molecule has 0 aliphatic rings. The number of para-hydroxylation sites is 1. The van der Waals surface area contributed by atoms with Crippen molar-refractivity contribution in [2.24, 2.45) is 0 Å². The van der Waals surface area contributed by atoms with Gasteiger partial charge in [0.2, 0.25) is 5.43 Å². The van der Waals surface area contributed by atoms with Gasteiger partial charge in [0.05, 0.1) is 10.4 Å². The van der Waals surface area contributed by atoms with E-state index in [1.807, 2.05) is 22.6 Å². The molecule has 2 N–H and O–H groups in total. The summed E-state index contributed by atoms with van der Waals surface area (Å²) in [6.45, 7) is 0. The van der Waals surface area contributed by atoms with E-state index >= 15 is 0 Å². The van der Waals surface area contributed by atoms with Crippen LogP contribution < -0.4 is 5.43 Å². The van der Waals surface area contributed by atoms with Gasteiger partial charge in [0, 0.05) is 5.56 Å². The smallest absolute Gasteiger partial charge is 0.206 e. The molecule has 0 fully saturated rings. The first-order valence-electron chi connectivity index (χ1n) is 5.93. The molecule has 0 saturated heterocycles. The average molecular weight is 415 g/mol. The van der Waals surface area contributed by atoms with E-state index in [0.717, 1.165) is 0 Å². The molecule has 0 bridgehead atoms. The van der Waals surface area contributed by atoms with Crippen LogP contribution in [-0.4, -0.2) is 10.2 Å². The maximum Gasteiger partial charge on any atom is 0.206 e. The Morgan fingerprint density at radius 2 is 1.81 bits per heavy atom. The lowest BCUT2D eigenvalue weighted by Gasteiger charge is -2.09. The molecule has 4 nitrogen and oxygen atoms in total. The summed E-state index contributed by atoms with van der Waals surface area (Å²) in [4.78, 5) is 12.4. The fraction of sp³-hybridized carbons (Fsp3) is 0. The van der Waals surface area contributed by atoms with Crippen LogP contribution in [0.25, 0.3) is 22.3 Å². The second-order valence-electron chi connectivity index (χ2n) is 4.37. The van der Waals surface area contributed by atoms with Crippen molar-refractivity contribution >= 4 is 45.2 Å². The summed E-state index contributed by atoms with van der Waals surface area (Å²) in [5, 5.41) is 19.6. The molecule has 0 atom stereocenters. The molecule has 1 aromatic heterocycles. The summed E-state index contributed by atoms with van der Waals surface area (Å²) in [6, 6.07) is 9.67. The summed E-state index contributed by atoms with van der Waals surface area (Å²) < 4.78 is 6.11. The summed E-state index contributed by atoms with van der Waals surface area (Å²) >= 11 is 7.92. The minimum Gasteiger partial charge on any atom is -0.504 e. The normalized spacial score (nSPS) is 11.0. The van der Waals surface area contributed by atoms with Crippen LogP contribution in [0.2, 0.25) is 5.02 Å². The van der Waals surface area contributed by atoms with Gasteiger partial charge in [-0.05, 0) is 46.9 Å². The van der Waals surface area contributed by atoms with Crippen LogP contribution in [0.3, 0.4) is 0 Å². The zero-order valence-corrected chi connectivity index (χ0v) is 13.3. The molecule has 21 heavy (non-hydrogen) atoms. The van der Waals surface area contributed by atoms with Crippen molar-refractivity contribution in [2.75, 3.05) is 0 Å². The highest BCUT2D eigenvalue weighted by Gasteiger charge is 2.19. The standard InChI is InChI=1S/C15H8ClIO4/c16-11-8(5-6-9(18)14(11)20)15-12(17)13(19)7-3-1-2-4-10(7)21-15/h1-6,18,20H. The molecule has 0 amide bonds. The minimum absolute atomic E-state index is 0.0636. The van der Waals surface area contributed by atoms with Crippen LogP contribution in [0, 0.1) is 3.57 Å². The summed E-state index contributed by atoms with van der Waals surface area (Å²) in [6.07, 6.45) is 0. The van der Waals surface area contributed by atoms with E-state index in [2.05, 4.69) is 0 Å².